The smallest absolute Gasteiger partial charge is 0.259 e. The average molecular weight is 487 g/mol. The lowest BCUT2D eigenvalue weighted by Crippen LogP contribution is -2.34. The fraction of sp³-hybridized carbons (Fsp3) is 0.500. The van der Waals surface area contributed by atoms with E-state index in [4.69, 9.17) is 0 Å². The van der Waals surface area contributed by atoms with Crippen molar-refractivity contribution < 1.29 is 9.59 Å². The highest BCUT2D eigenvalue weighted by Gasteiger charge is 2.42. The minimum absolute atomic E-state index is 0.0239. The van der Waals surface area contributed by atoms with E-state index >= 15 is 0 Å². The van der Waals surface area contributed by atoms with Gasteiger partial charge in [0.25, 0.3) is 11.8 Å². The zero-order chi connectivity index (χ0) is 25.7. The Hall–Kier alpha value is -2.88. The molecule has 0 aliphatic carbocycles. The number of fused-ring (bicyclic) bond motifs is 2. The lowest BCUT2D eigenvalue weighted by molar-refractivity contribution is -0.114. The first-order valence-electron chi connectivity index (χ1n) is 14.1. The van der Waals surface area contributed by atoms with Gasteiger partial charge in [-0.05, 0) is 36.8 Å². The number of para-hydroxylation sites is 2. The lowest BCUT2D eigenvalue weighted by atomic mass is 9.96. The van der Waals surface area contributed by atoms with Crippen LogP contribution in [-0.4, -0.2) is 24.9 Å². The molecule has 2 aliphatic heterocycles. The summed E-state index contributed by atoms with van der Waals surface area (Å²) >= 11 is 0. The highest BCUT2D eigenvalue weighted by atomic mass is 16.2. The van der Waals surface area contributed by atoms with Crippen LogP contribution in [0.15, 0.2) is 48.5 Å². The maximum atomic E-state index is 14.1. The lowest BCUT2D eigenvalue weighted by Gasteiger charge is -2.24. The molecule has 0 aromatic heterocycles. The largest absolute Gasteiger partial charge is 0.307 e. The minimum Gasteiger partial charge on any atom is -0.307 e. The maximum Gasteiger partial charge on any atom is 0.259 e. The summed E-state index contributed by atoms with van der Waals surface area (Å²) in [5, 5.41) is 0. The predicted octanol–water partition coefficient (Wildman–Crippen LogP) is 7.72. The van der Waals surface area contributed by atoms with Crippen LogP contribution in [0.4, 0.5) is 11.4 Å². The van der Waals surface area contributed by atoms with Crippen LogP contribution >= 0.6 is 0 Å². The first-order chi connectivity index (χ1) is 17.5. The van der Waals surface area contributed by atoms with Crippen molar-refractivity contribution in [2.45, 2.75) is 79.1 Å². The molecule has 4 heteroatoms. The highest BCUT2D eigenvalue weighted by molar-refractivity contribution is 6.49. The summed E-state index contributed by atoms with van der Waals surface area (Å²) in [7, 11) is 0. The summed E-state index contributed by atoms with van der Waals surface area (Å²) in [5.74, 6) is 0.866. The SMILES string of the molecule is CCCCC(CC)CN1C(=O)/C(=C2/C(=O)N(CC(CC)CCCC)c3ccccc32)c2ccccc21. The van der Waals surface area contributed by atoms with E-state index in [1.165, 1.54) is 12.8 Å². The van der Waals surface area contributed by atoms with Gasteiger partial charge in [-0.25, -0.2) is 0 Å². The van der Waals surface area contributed by atoms with Crippen LogP contribution in [0.2, 0.25) is 0 Å². The second kappa shape index (κ2) is 11.9. The Bertz CT molecular complexity index is 1030. The number of carbonyl (C=O) groups excluding carboxylic acids is 2. The molecular weight excluding hydrogens is 444 g/mol. The van der Waals surface area contributed by atoms with Crippen molar-refractivity contribution in [3.05, 3.63) is 59.7 Å². The Balaban J connectivity index is 1.75. The third-order valence-corrected chi connectivity index (χ3v) is 8.06. The van der Waals surface area contributed by atoms with Gasteiger partial charge in [-0.3, -0.25) is 9.59 Å². The number of anilines is 2. The molecule has 2 amide bonds. The number of benzene rings is 2. The van der Waals surface area contributed by atoms with Crippen molar-refractivity contribution in [1.29, 1.82) is 0 Å². The summed E-state index contributed by atoms with van der Waals surface area (Å²) in [6.45, 7) is 10.3. The van der Waals surface area contributed by atoms with Crippen LogP contribution in [0.3, 0.4) is 0 Å². The van der Waals surface area contributed by atoms with Crippen molar-refractivity contribution in [3.8, 4) is 0 Å². The van der Waals surface area contributed by atoms with E-state index in [1.807, 2.05) is 58.3 Å². The highest BCUT2D eigenvalue weighted by Crippen LogP contribution is 2.47. The van der Waals surface area contributed by atoms with Crippen LogP contribution in [0.25, 0.3) is 11.1 Å². The number of hydrogen-bond acceptors (Lipinski definition) is 2. The van der Waals surface area contributed by atoms with Gasteiger partial charge < -0.3 is 9.80 Å². The first kappa shape index (κ1) is 26.2. The summed E-state index contributed by atoms with van der Waals surface area (Å²) in [6, 6.07) is 16.0. The number of hydrogen-bond donors (Lipinski definition) is 0. The van der Waals surface area contributed by atoms with Crippen LogP contribution < -0.4 is 9.80 Å². The molecule has 2 unspecified atom stereocenters. The van der Waals surface area contributed by atoms with Crippen molar-refractivity contribution >= 4 is 34.3 Å². The van der Waals surface area contributed by atoms with Gasteiger partial charge in [0.05, 0.1) is 22.5 Å². The third-order valence-electron chi connectivity index (χ3n) is 8.06. The van der Waals surface area contributed by atoms with Gasteiger partial charge in [-0.2, -0.15) is 0 Å². The summed E-state index contributed by atoms with van der Waals surface area (Å²) in [4.78, 5) is 32.0. The molecule has 0 fully saturated rings. The molecule has 4 rings (SSSR count). The average Bonchev–Trinajstić information content (AvgIpc) is 3.33. The molecule has 0 saturated heterocycles. The van der Waals surface area contributed by atoms with E-state index in [9.17, 15) is 9.59 Å². The number of nitrogens with zero attached hydrogens (tertiary/aromatic N) is 2. The predicted molar refractivity (Wildman–Crippen MR) is 151 cm³/mol. The van der Waals surface area contributed by atoms with Gasteiger partial charge >= 0.3 is 0 Å². The van der Waals surface area contributed by atoms with Crippen LogP contribution in [0.5, 0.6) is 0 Å². The molecule has 0 radical (unpaired) electrons. The fourth-order valence-electron chi connectivity index (χ4n) is 5.76. The molecule has 192 valence electrons. The van der Waals surface area contributed by atoms with Crippen LogP contribution in [0, 0.1) is 11.8 Å². The molecule has 2 atom stereocenters. The number of amides is 2. The second-order valence-electron chi connectivity index (χ2n) is 10.4. The maximum absolute atomic E-state index is 14.1. The Morgan fingerprint density at radius 3 is 1.36 bits per heavy atom. The normalized spacial score (nSPS) is 18.6. The molecule has 36 heavy (non-hydrogen) atoms. The Kier molecular flexibility index (Phi) is 8.66. The second-order valence-corrected chi connectivity index (χ2v) is 10.4. The molecule has 4 nitrogen and oxygen atoms in total. The Labute approximate surface area is 217 Å². The first-order valence-corrected chi connectivity index (χ1v) is 14.1. The number of rotatable bonds is 12. The summed E-state index contributed by atoms with van der Waals surface area (Å²) in [6.07, 6.45) is 9.00. The van der Waals surface area contributed by atoms with Gasteiger partial charge in [0.1, 0.15) is 0 Å². The summed E-state index contributed by atoms with van der Waals surface area (Å²) < 4.78 is 0. The topological polar surface area (TPSA) is 40.6 Å². The fourth-order valence-corrected chi connectivity index (χ4v) is 5.76. The number of unbranched alkanes of at least 4 members (excludes halogenated alkanes) is 2. The van der Waals surface area contributed by atoms with Crippen molar-refractivity contribution in [1.82, 2.24) is 0 Å². The molecule has 2 heterocycles. The zero-order valence-corrected chi connectivity index (χ0v) is 22.6. The van der Waals surface area contributed by atoms with Crippen molar-refractivity contribution in [2.24, 2.45) is 11.8 Å². The van der Waals surface area contributed by atoms with Crippen LogP contribution in [0.1, 0.15) is 90.2 Å². The molecule has 0 N–H and O–H groups in total. The van der Waals surface area contributed by atoms with Gasteiger partial charge in [-0.15, -0.1) is 0 Å². The minimum atomic E-state index is -0.0239. The Morgan fingerprint density at radius 2 is 1.00 bits per heavy atom. The molecule has 0 saturated carbocycles. The molecule has 2 aromatic carbocycles. The summed E-state index contributed by atoms with van der Waals surface area (Å²) in [5.41, 5.74) is 4.84. The molecule has 2 aromatic rings. The molecule has 2 aliphatic rings. The van der Waals surface area contributed by atoms with Gasteiger partial charge in [0.2, 0.25) is 0 Å². The van der Waals surface area contributed by atoms with E-state index in [0.29, 0.717) is 36.1 Å². The monoisotopic (exact) mass is 486 g/mol. The third kappa shape index (κ3) is 5.00. The van der Waals surface area contributed by atoms with E-state index in [2.05, 4.69) is 27.7 Å². The Morgan fingerprint density at radius 1 is 0.611 bits per heavy atom. The van der Waals surface area contributed by atoms with E-state index in [0.717, 1.165) is 61.0 Å². The molecule has 0 spiro atoms. The van der Waals surface area contributed by atoms with Crippen molar-refractivity contribution in [2.75, 3.05) is 22.9 Å². The standard InChI is InChI=1S/C32H42N2O2/c1-5-9-15-23(7-3)21-33-27-19-13-11-17-25(27)29(31(33)35)30-26-18-12-14-20-28(26)34(32(30)36)22-24(8-4)16-10-6-2/h11-14,17-20,23-24H,5-10,15-16,21-22H2,1-4H3/b30-29+. The molecular formula is C32H42N2O2. The van der Waals surface area contributed by atoms with Gasteiger partial charge in [0, 0.05) is 24.2 Å². The molecule has 0 bridgehead atoms. The van der Waals surface area contributed by atoms with Crippen LogP contribution in [-0.2, 0) is 9.59 Å². The van der Waals surface area contributed by atoms with Gasteiger partial charge in [0.15, 0.2) is 0 Å². The van der Waals surface area contributed by atoms with E-state index < -0.39 is 0 Å². The van der Waals surface area contributed by atoms with Gasteiger partial charge in [-0.1, -0.05) is 103 Å². The zero-order valence-electron chi connectivity index (χ0n) is 22.6. The number of carbonyl (C=O) groups is 2. The van der Waals surface area contributed by atoms with E-state index in [1.54, 1.807) is 0 Å². The van der Waals surface area contributed by atoms with Crippen molar-refractivity contribution in [3.63, 3.8) is 0 Å². The quantitative estimate of drug-likeness (QED) is 0.288. The van der Waals surface area contributed by atoms with E-state index in [-0.39, 0.29) is 11.8 Å².